The van der Waals surface area contributed by atoms with E-state index < -0.39 is 0 Å². The van der Waals surface area contributed by atoms with Gasteiger partial charge in [-0.05, 0) is 60.7 Å². The largest absolute Gasteiger partial charge is 0.0628 e. The molecule has 21 heavy (non-hydrogen) atoms. The monoisotopic (exact) mass is 296 g/mol. The summed E-state index contributed by atoms with van der Waals surface area (Å²) in [5, 5.41) is 0. The fourth-order valence-corrected chi connectivity index (χ4v) is 3.84. The Kier molecular flexibility index (Phi) is 10.7. The third-order valence-corrected chi connectivity index (χ3v) is 5.40. The van der Waals surface area contributed by atoms with E-state index in [9.17, 15) is 0 Å². The van der Waals surface area contributed by atoms with Gasteiger partial charge in [0.05, 0.1) is 0 Å². The van der Waals surface area contributed by atoms with Crippen LogP contribution in [-0.4, -0.2) is 0 Å². The molecule has 0 aliphatic rings. The molecule has 0 spiro atoms. The third kappa shape index (κ3) is 10.4. The van der Waals surface area contributed by atoms with E-state index >= 15 is 0 Å². The molecule has 0 radical (unpaired) electrons. The Labute approximate surface area is 136 Å². The predicted molar refractivity (Wildman–Crippen MR) is 98.6 cm³/mol. The summed E-state index contributed by atoms with van der Waals surface area (Å²) in [6.45, 7) is 21.6. The van der Waals surface area contributed by atoms with Gasteiger partial charge in [-0.2, -0.15) is 0 Å². The Morgan fingerprint density at radius 1 is 0.571 bits per heavy atom. The van der Waals surface area contributed by atoms with E-state index in [-0.39, 0.29) is 0 Å². The van der Waals surface area contributed by atoms with Gasteiger partial charge in [0.1, 0.15) is 0 Å². The summed E-state index contributed by atoms with van der Waals surface area (Å²) in [5.41, 5.74) is 0. The molecule has 0 saturated heterocycles. The van der Waals surface area contributed by atoms with E-state index in [0.29, 0.717) is 0 Å². The van der Waals surface area contributed by atoms with Gasteiger partial charge in [0, 0.05) is 0 Å². The predicted octanol–water partition coefficient (Wildman–Crippen LogP) is 7.43. The van der Waals surface area contributed by atoms with Gasteiger partial charge >= 0.3 is 0 Å². The van der Waals surface area contributed by atoms with Crippen molar-refractivity contribution in [2.75, 3.05) is 0 Å². The minimum atomic E-state index is 0.819. The molecule has 0 saturated carbocycles. The molecule has 0 aromatic carbocycles. The highest BCUT2D eigenvalue weighted by atomic mass is 14.3. The first-order valence-electron chi connectivity index (χ1n) is 9.63. The van der Waals surface area contributed by atoms with Crippen molar-refractivity contribution in [1.82, 2.24) is 0 Å². The lowest BCUT2D eigenvalue weighted by atomic mass is 9.77. The average molecular weight is 297 g/mol. The maximum absolute atomic E-state index is 2.48. The Morgan fingerprint density at radius 2 is 1.10 bits per heavy atom. The molecule has 0 aliphatic carbocycles. The van der Waals surface area contributed by atoms with Crippen molar-refractivity contribution in [3.63, 3.8) is 0 Å². The van der Waals surface area contributed by atoms with Crippen LogP contribution in [0.2, 0.25) is 0 Å². The summed E-state index contributed by atoms with van der Waals surface area (Å²) in [5.74, 6) is 6.08. The van der Waals surface area contributed by atoms with Crippen molar-refractivity contribution in [1.29, 1.82) is 0 Å². The first-order chi connectivity index (χ1) is 9.63. The molecule has 0 heterocycles. The molecule has 0 amide bonds. The maximum Gasteiger partial charge on any atom is -0.0394 e. The van der Waals surface area contributed by atoms with Gasteiger partial charge in [-0.3, -0.25) is 0 Å². The highest BCUT2D eigenvalue weighted by Crippen LogP contribution is 2.32. The summed E-state index contributed by atoms with van der Waals surface area (Å²) in [6.07, 6.45) is 7.13. The Morgan fingerprint density at radius 3 is 1.52 bits per heavy atom. The van der Waals surface area contributed by atoms with Crippen LogP contribution in [0.15, 0.2) is 0 Å². The Bertz CT molecular complexity index is 238. The van der Waals surface area contributed by atoms with Gasteiger partial charge in [-0.1, -0.05) is 75.2 Å². The van der Waals surface area contributed by atoms with Gasteiger partial charge < -0.3 is 0 Å². The lowest BCUT2D eigenvalue weighted by Gasteiger charge is -2.29. The molecule has 0 aliphatic heterocycles. The minimum absolute atomic E-state index is 0.819. The van der Waals surface area contributed by atoms with Crippen molar-refractivity contribution in [2.24, 2.45) is 41.4 Å². The van der Waals surface area contributed by atoms with Crippen molar-refractivity contribution in [3.05, 3.63) is 0 Å². The molecule has 0 bridgehead atoms. The molecule has 0 heteroatoms. The van der Waals surface area contributed by atoms with Gasteiger partial charge in [0.2, 0.25) is 0 Å². The fraction of sp³-hybridized carbons (Fsp3) is 1.00. The zero-order valence-electron chi connectivity index (χ0n) is 16.6. The van der Waals surface area contributed by atoms with Crippen LogP contribution in [-0.2, 0) is 0 Å². The Hall–Kier alpha value is 0. The molecular formula is C21H44. The van der Waals surface area contributed by atoms with Gasteiger partial charge in [-0.25, -0.2) is 0 Å². The number of hydrogen-bond acceptors (Lipinski definition) is 0. The van der Waals surface area contributed by atoms with Crippen molar-refractivity contribution < 1.29 is 0 Å². The van der Waals surface area contributed by atoms with E-state index in [4.69, 9.17) is 0 Å². The molecule has 4 unspecified atom stereocenters. The van der Waals surface area contributed by atoms with Crippen LogP contribution >= 0.6 is 0 Å². The zero-order valence-corrected chi connectivity index (χ0v) is 16.6. The van der Waals surface area contributed by atoms with Crippen LogP contribution < -0.4 is 0 Å². The highest BCUT2D eigenvalue weighted by molar-refractivity contribution is 4.72. The second-order valence-corrected chi connectivity index (χ2v) is 9.12. The van der Waals surface area contributed by atoms with Gasteiger partial charge in [0.15, 0.2) is 0 Å². The first kappa shape index (κ1) is 21.0. The van der Waals surface area contributed by atoms with Crippen LogP contribution in [0.4, 0.5) is 0 Å². The van der Waals surface area contributed by atoms with Crippen LogP contribution in [0.3, 0.4) is 0 Å². The summed E-state index contributed by atoms with van der Waals surface area (Å²) >= 11 is 0. The lowest BCUT2D eigenvalue weighted by molar-refractivity contribution is 0.216. The van der Waals surface area contributed by atoms with E-state index in [2.05, 4.69) is 62.3 Å². The molecule has 0 fully saturated rings. The average Bonchev–Trinajstić information content (AvgIpc) is 2.33. The molecule has 0 rings (SSSR count). The van der Waals surface area contributed by atoms with E-state index in [1.54, 1.807) is 0 Å². The molecule has 0 N–H and O–H groups in total. The zero-order chi connectivity index (χ0) is 16.6. The molecule has 0 aromatic heterocycles. The third-order valence-electron chi connectivity index (χ3n) is 5.40. The normalized spacial score (nSPS) is 18.3. The minimum Gasteiger partial charge on any atom is -0.0628 e. The summed E-state index contributed by atoms with van der Waals surface area (Å²) < 4.78 is 0. The highest BCUT2D eigenvalue weighted by Gasteiger charge is 2.21. The molecule has 4 atom stereocenters. The van der Waals surface area contributed by atoms with Crippen LogP contribution in [0.1, 0.15) is 94.4 Å². The van der Waals surface area contributed by atoms with Crippen molar-refractivity contribution in [2.45, 2.75) is 94.4 Å². The SMILES string of the molecule is CC(C)CC(C)CCC(CC(C)C)CC(C)C(C)C(C)C. The molecule has 0 aromatic rings. The van der Waals surface area contributed by atoms with Crippen LogP contribution in [0, 0.1) is 41.4 Å². The van der Waals surface area contributed by atoms with E-state index in [0.717, 1.165) is 41.4 Å². The fourth-order valence-electron chi connectivity index (χ4n) is 3.84. The van der Waals surface area contributed by atoms with Crippen molar-refractivity contribution >= 4 is 0 Å². The molecule has 0 nitrogen and oxygen atoms in total. The second kappa shape index (κ2) is 10.7. The second-order valence-electron chi connectivity index (χ2n) is 9.12. The maximum atomic E-state index is 2.48. The molecule has 128 valence electrons. The number of hydrogen-bond donors (Lipinski definition) is 0. The standard InChI is InChI=1S/C21H44/c1-15(2)12-18(7)10-11-21(13-16(3)4)14-19(8)20(9)17(5)6/h15-21H,10-14H2,1-9H3. The number of rotatable bonds is 11. The van der Waals surface area contributed by atoms with E-state index in [1.165, 1.54) is 32.1 Å². The molecular weight excluding hydrogens is 252 g/mol. The summed E-state index contributed by atoms with van der Waals surface area (Å²) in [4.78, 5) is 0. The van der Waals surface area contributed by atoms with Gasteiger partial charge in [0.25, 0.3) is 0 Å². The summed E-state index contributed by atoms with van der Waals surface area (Å²) in [6, 6.07) is 0. The van der Waals surface area contributed by atoms with Crippen molar-refractivity contribution in [3.8, 4) is 0 Å². The van der Waals surface area contributed by atoms with E-state index in [1.807, 2.05) is 0 Å². The van der Waals surface area contributed by atoms with Crippen LogP contribution in [0.5, 0.6) is 0 Å². The van der Waals surface area contributed by atoms with Crippen LogP contribution in [0.25, 0.3) is 0 Å². The quantitative estimate of drug-likeness (QED) is 0.372. The Balaban J connectivity index is 4.38. The smallest absolute Gasteiger partial charge is 0.0394 e. The topological polar surface area (TPSA) is 0 Å². The lowest BCUT2D eigenvalue weighted by Crippen LogP contribution is -2.19. The first-order valence-corrected chi connectivity index (χ1v) is 9.63. The van der Waals surface area contributed by atoms with Gasteiger partial charge in [-0.15, -0.1) is 0 Å². The summed E-state index contributed by atoms with van der Waals surface area (Å²) in [7, 11) is 0.